The lowest BCUT2D eigenvalue weighted by atomic mass is 9.81. The Balaban J connectivity index is 1.60. The molecule has 0 saturated carbocycles. The third kappa shape index (κ3) is 3.19. The van der Waals surface area contributed by atoms with Crippen LogP contribution in [0.1, 0.15) is 32.3 Å². The zero-order valence-electron chi connectivity index (χ0n) is 17.9. The van der Waals surface area contributed by atoms with Gasteiger partial charge in [-0.05, 0) is 44.5 Å². The first-order chi connectivity index (χ1) is 15.5. The molecule has 8 heteroatoms. The molecule has 1 atom stereocenters. The van der Waals surface area contributed by atoms with Crippen LogP contribution in [0.5, 0.6) is 5.88 Å². The minimum Gasteiger partial charge on any atom is -0.475 e. The number of carbonyl (C=O) groups is 1. The predicted octanol–water partition coefficient (Wildman–Crippen LogP) is 3.71. The molecule has 0 radical (unpaired) electrons. The van der Waals surface area contributed by atoms with E-state index in [0.29, 0.717) is 22.7 Å². The first-order valence-electron chi connectivity index (χ1n) is 10.4. The number of aromatic amines is 1. The number of aromatic nitrogens is 3. The standard InChI is InChI=1S/C24H21N5O3/c1-12(2)32-20-7-5-15(10-26-20)23-16-8-14(4-6-18(16)28-29-23)21-17(9-25)13(3)27-19-11-31-24(30)22(19)21/h4-8,10,12,21,27H,11H2,1-3H3,(H,28,29). The van der Waals surface area contributed by atoms with Crippen LogP contribution in [0.2, 0.25) is 0 Å². The zero-order valence-corrected chi connectivity index (χ0v) is 17.9. The fourth-order valence-corrected chi connectivity index (χ4v) is 4.21. The van der Waals surface area contributed by atoms with Crippen molar-refractivity contribution in [3.05, 3.63) is 64.6 Å². The predicted molar refractivity (Wildman–Crippen MR) is 117 cm³/mol. The van der Waals surface area contributed by atoms with Gasteiger partial charge in [0.1, 0.15) is 12.3 Å². The third-order valence-corrected chi connectivity index (χ3v) is 5.62. The Morgan fingerprint density at radius 3 is 2.84 bits per heavy atom. The van der Waals surface area contributed by atoms with Crippen LogP contribution in [-0.2, 0) is 9.53 Å². The number of allylic oxidation sites excluding steroid dienone is 2. The Labute approximate surface area is 184 Å². The molecule has 160 valence electrons. The Bertz CT molecular complexity index is 1340. The lowest BCUT2D eigenvalue weighted by molar-refractivity contribution is -0.136. The van der Waals surface area contributed by atoms with Gasteiger partial charge in [0, 0.05) is 28.9 Å². The van der Waals surface area contributed by atoms with Crippen molar-refractivity contribution in [1.29, 1.82) is 5.26 Å². The maximum absolute atomic E-state index is 12.5. The van der Waals surface area contributed by atoms with Crippen LogP contribution in [-0.4, -0.2) is 33.9 Å². The number of fused-ring (bicyclic) bond motifs is 1. The molecule has 0 spiro atoms. The van der Waals surface area contributed by atoms with Gasteiger partial charge in [-0.15, -0.1) is 0 Å². The number of H-pyrrole nitrogens is 1. The molecule has 0 aliphatic carbocycles. The summed E-state index contributed by atoms with van der Waals surface area (Å²) >= 11 is 0. The Kier molecular flexibility index (Phi) is 4.67. The second-order valence-electron chi connectivity index (χ2n) is 8.11. The molecule has 1 aromatic carbocycles. The van der Waals surface area contributed by atoms with E-state index in [0.717, 1.165) is 33.4 Å². The summed E-state index contributed by atoms with van der Waals surface area (Å²) in [4.78, 5) is 16.9. The Hall–Kier alpha value is -4.12. The SMILES string of the molecule is CC1=C(C#N)C(c2ccc3[nH]nc(-c4ccc(OC(C)C)nc4)c3c2)C2=C(COC2=O)N1. The summed E-state index contributed by atoms with van der Waals surface area (Å²) in [5, 5.41) is 21.4. The molecular weight excluding hydrogens is 406 g/mol. The molecule has 2 aliphatic heterocycles. The first kappa shape index (κ1) is 19.8. The number of ether oxygens (including phenoxy) is 2. The molecule has 3 aromatic rings. The maximum atomic E-state index is 12.5. The molecule has 0 saturated heterocycles. The number of pyridine rings is 1. The summed E-state index contributed by atoms with van der Waals surface area (Å²) < 4.78 is 10.9. The minimum absolute atomic E-state index is 0.0411. The fraction of sp³-hybridized carbons (Fsp3) is 0.250. The van der Waals surface area contributed by atoms with E-state index in [1.54, 1.807) is 6.20 Å². The number of nitrogens with one attached hydrogen (secondary N) is 2. The second-order valence-corrected chi connectivity index (χ2v) is 8.11. The number of cyclic esters (lactones) is 1. The number of hydrogen-bond donors (Lipinski definition) is 2. The number of benzene rings is 1. The highest BCUT2D eigenvalue weighted by atomic mass is 16.5. The third-order valence-electron chi connectivity index (χ3n) is 5.62. The van der Waals surface area contributed by atoms with Gasteiger partial charge in [0.15, 0.2) is 0 Å². The van der Waals surface area contributed by atoms with E-state index >= 15 is 0 Å². The molecule has 2 N–H and O–H groups in total. The summed E-state index contributed by atoms with van der Waals surface area (Å²) in [7, 11) is 0. The molecule has 0 amide bonds. The summed E-state index contributed by atoms with van der Waals surface area (Å²) in [5.41, 5.74) is 5.70. The lowest BCUT2D eigenvalue weighted by Crippen LogP contribution is -2.25. The molecule has 5 rings (SSSR count). The van der Waals surface area contributed by atoms with Crippen LogP contribution < -0.4 is 10.1 Å². The van der Waals surface area contributed by atoms with Gasteiger partial charge in [-0.1, -0.05) is 6.07 Å². The quantitative estimate of drug-likeness (QED) is 0.610. The summed E-state index contributed by atoms with van der Waals surface area (Å²) in [5.74, 6) is -0.328. The molecule has 0 bridgehead atoms. The highest BCUT2D eigenvalue weighted by molar-refractivity contribution is 5.97. The number of esters is 1. The fourth-order valence-electron chi connectivity index (χ4n) is 4.21. The minimum atomic E-state index is -0.488. The van der Waals surface area contributed by atoms with Crippen LogP contribution in [0.15, 0.2) is 59.1 Å². The smallest absolute Gasteiger partial charge is 0.337 e. The first-order valence-corrected chi connectivity index (χ1v) is 10.4. The van der Waals surface area contributed by atoms with Gasteiger partial charge < -0.3 is 14.8 Å². The van der Waals surface area contributed by atoms with Crippen LogP contribution in [0, 0.1) is 11.3 Å². The van der Waals surface area contributed by atoms with Crippen molar-refractivity contribution in [2.24, 2.45) is 0 Å². The maximum Gasteiger partial charge on any atom is 0.337 e. The van der Waals surface area contributed by atoms with E-state index in [9.17, 15) is 10.1 Å². The lowest BCUT2D eigenvalue weighted by Gasteiger charge is -2.25. The number of nitrogens with zero attached hydrogens (tertiary/aromatic N) is 3. The van der Waals surface area contributed by atoms with Crippen LogP contribution >= 0.6 is 0 Å². The highest BCUT2D eigenvalue weighted by Crippen LogP contribution is 2.41. The number of rotatable bonds is 4. The molecule has 2 aliphatic rings. The number of carbonyl (C=O) groups excluding carboxylic acids is 1. The second kappa shape index (κ2) is 7.54. The molecule has 32 heavy (non-hydrogen) atoms. The summed E-state index contributed by atoms with van der Waals surface area (Å²) in [6, 6.07) is 11.8. The van der Waals surface area contributed by atoms with E-state index in [4.69, 9.17) is 9.47 Å². The highest BCUT2D eigenvalue weighted by Gasteiger charge is 2.39. The van der Waals surface area contributed by atoms with Gasteiger partial charge in [0.2, 0.25) is 5.88 Å². The molecule has 8 nitrogen and oxygen atoms in total. The topological polar surface area (TPSA) is 113 Å². The van der Waals surface area contributed by atoms with E-state index in [2.05, 4.69) is 26.6 Å². The van der Waals surface area contributed by atoms with Crippen LogP contribution in [0.25, 0.3) is 22.2 Å². The van der Waals surface area contributed by atoms with Gasteiger partial charge in [-0.2, -0.15) is 10.4 Å². The molecule has 1 unspecified atom stereocenters. The van der Waals surface area contributed by atoms with Gasteiger partial charge >= 0.3 is 5.97 Å². The summed E-state index contributed by atoms with van der Waals surface area (Å²) in [6.07, 6.45) is 1.77. The van der Waals surface area contributed by atoms with Crippen molar-refractivity contribution >= 4 is 16.9 Å². The number of nitriles is 1. The largest absolute Gasteiger partial charge is 0.475 e. The summed E-state index contributed by atoms with van der Waals surface area (Å²) in [6.45, 7) is 5.93. The number of dihydropyridines is 1. The van der Waals surface area contributed by atoms with Gasteiger partial charge in [-0.3, -0.25) is 5.10 Å². The average Bonchev–Trinajstić information content (AvgIpc) is 3.36. The van der Waals surface area contributed by atoms with Crippen molar-refractivity contribution in [3.8, 4) is 23.2 Å². The van der Waals surface area contributed by atoms with Gasteiger partial charge in [0.05, 0.1) is 40.5 Å². The monoisotopic (exact) mass is 427 g/mol. The van der Waals surface area contributed by atoms with Crippen molar-refractivity contribution in [1.82, 2.24) is 20.5 Å². The number of hydrogen-bond acceptors (Lipinski definition) is 7. The van der Waals surface area contributed by atoms with E-state index < -0.39 is 11.9 Å². The van der Waals surface area contributed by atoms with Gasteiger partial charge in [-0.25, -0.2) is 9.78 Å². The Morgan fingerprint density at radius 1 is 1.28 bits per heavy atom. The molecule has 0 fully saturated rings. The van der Waals surface area contributed by atoms with Crippen molar-refractivity contribution in [2.45, 2.75) is 32.8 Å². The molecular formula is C24H21N5O3. The van der Waals surface area contributed by atoms with Crippen LogP contribution in [0.4, 0.5) is 0 Å². The van der Waals surface area contributed by atoms with Crippen LogP contribution in [0.3, 0.4) is 0 Å². The van der Waals surface area contributed by atoms with Gasteiger partial charge in [0.25, 0.3) is 0 Å². The van der Waals surface area contributed by atoms with Crippen molar-refractivity contribution in [3.63, 3.8) is 0 Å². The normalized spacial score (nSPS) is 18.0. The van der Waals surface area contributed by atoms with E-state index in [1.165, 1.54) is 0 Å². The molecule has 2 aromatic heterocycles. The van der Waals surface area contributed by atoms with E-state index in [1.807, 2.05) is 51.1 Å². The van der Waals surface area contributed by atoms with E-state index in [-0.39, 0.29) is 12.7 Å². The zero-order chi connectivity index (χ0) is 22.4. The average molecular weight is 427 g/mol. The van der Waals surface area contributed by atoms with Crippen molar-refractivity contribution in [2.75, 3.05) is 6.61 Å². The van der Waals surface area contributed by atoms with Crippen molar-refractivity contribution < 1.29 is 14.3 Å². The molecule has 4 heterocycles. The Morgan fingerprint density at radius 2 is 2.12 bits per heavy atom.